The fraction of sp³-hybridized carbons (Fsp3) is 0.462. The highest BCUT2D eigenvalue weighted by molar-refractivity contribution is 5.92. The first-order valence-corrected chi connectivity index (χ1v) is 6.29. The summed E-state index contributed by atoms with van der Waals surface area (Å²) in [6.07, 6.45) is 3.50. The van der Waals surface area contributed by atoms with Crippen LogP contribution in [-0.4, -0.2) is 26.1 Å². The molecular formula is C13H15N3O2. The lowest BCUT2D eigenvalue weighted by molar-refractivity contribution is 0.0697. The summed E-state index contributed by atoms with van der Waals surface area (Å²) in [7, 11) is 0. The fourth-order valence-electron chi connectivity index (χ4n) is 2.53. The Hall–Kier alpha value is -1.91. The lowest BCUT2D eigenvalue weighted by Crippen LogP contribution is -2.01. The Balaban J connectivity index is 1.98. The number of hydrogen-bond donors (Lipinski definition) is 1. The second-order valence-corrected chi connectivity index (χ2v) is 4.89. The highest BCUT2D eigenvalue weighted by Crippen LogP contribution is 2.46. The molecule has 5 heteroatoms. The molecule has 1 heterocycles. The van der Waals surface area contributed by atoms with Gasteiger partial charge in [0.2, 0.25) is 0 Å². The number of fused-ring (bicyclic) bond motifs is 1. The molecule has 0 bridgehead atoms. The summed E-state index contributed by atoms with van der Waals surface area (Å²) < 4.78 is 1.89. The molecule has 2 aromatic rings. The van der Waals surface area contributed by atoms with Gasteiger partial charge >= 0.3 is 5.97 Å². The zero-order chi connectivity index (χ0) is 12.7. The van der Waals surface area contributed by atoms with E-state index in [0.29, 0.717) is 17.5 Å². The standard InChI is InChI=1S/C13H15N3O2/c1-2-3-8-6-11(8)16-12-7-9(13(17)18)4-5-10(12)14-15-16/h4-5,7-8,11H,2-3,6H2,1H3,(H,17,18). The van der Waals surface area contributed by atoms with Gasteiger partial charge < -0.3 is 5.11 Å². The van der Waals surface area contributed by atoms with Crippen LogP contribution in [0.3, 0.4) is 0 Å². The Kier molecular flexibility index (Phi) is 2.54. The number of rotatable bonds is 4. The van der Waals surface area contributed by atoms with Crippen molar-refractivity contribution in [1.82, 2.24) is 15.0 Å². The highest BCUT2D eigenvalue weighted by Gasteiger charge is 2.39. The van der Waals surface area contributed by atoms with E-state index in [1.807, 2.05) is 4.68 Å². The van der Waals surface area contributed by atoms with Gasteiger partial charge in [-0.15, -0.1) is 5.10 Å². The van der Waals surface area contributed by atoms with Crippen molar-refractivity contribution < 1.29 is 9.90 Å². The fourth-order valence-corrected chi connectivity index (χ4v) is 2.53. The van der Waals surface area contributed by atoms with E-state index in [2.05, 4.69) is 17.2 Å². The molecule has 94 valence electrons. The summed E-state index contributed by atoms with van der Waals surface area (Å²) in [6.45, 7) is 2.18. The molecule has 18 heavy (non-hydrogen) atoms. The maximum Gasteiger partial charge on any atom is 0.335 e. The van der Waals surface area contributed by atoms with E-state index in [9.17, 15) is 4.79 Å². The van der Waals surface area contributed by atoms with Gasteiger partial charge in [0.05, 0.1) is 17.1 Å². The van der Waals surface area contributed by atoms with Crippen molar-refractivity contribution in [1.29, 1.82) is 0 Å². The van der Waals surface area contributed by atoms with E-state index < -0.39 is 5.97 Å². The highest BCUT2D eigenvalue weighted by atomic mass is 16.4. The summed E-state index contributed by atoms with van der Waals surface area (Å²) in [6, 6.07) is 5.36. The molecule has 2 unspecified atom stereocenters. The van der Waals surface area contributed by atoms with Gasteiger partial charge in [-0.25, -0.2) is 9.48 Å². The van der Waals surface area contributed by atoms with Gasteiger partial charge in [-0.2, -0.15) is 0 Å². The Labute approximate surface area is 104 Å². The summed E-state index contributed by atoms with van der Waals surface area (Å²) in [5.41, 5.74) is 1.89. The third kappa shape index (κ3) is 1.75. The summed E-state index contributed by atoms with van der Waals surface area (Å²) in [4.78, 5) is 11.0. The lowest BCUT2D eigenvalue weighted by atomic mass is 10.2. The van der Waals surface area contributed by atoms with Gasteiger partial charge in [-0.05, 0) is 37.0 Å². The minimum absolute atomic E-state index is 0.291. The Morgan fingerprint density at radius 2 is 2.39 bits per heavy atom. The molecule has 0 spiro atoms. The molecule has 0 aliphatic heterocycles. The zero-order valence-electron chi connectivity index (χ0n) is 10.2. The minimum Gasteiger partial charge on any atom is -0.478 e. The predicted octanol–water partition coefficient (Wildman–Crippen LogP) is 2.49. The number of aromatic nitrogens is 3. The van der Waals surface area contributed by atoms with E-state index in [0.717, 1.165) is 17.5 Å². The van der Waals surface area contributed by atoms with Gasteiger partial charge in [-0.1, -0.05) is 18.6 Å². The molecule has 0 amide bonds. The van der Waals surface area contributed by atoms with Crippen LogP contribution < -0.4 is 0 Å². The molecule has 0 radical (unpaired) electrons. The van der Waals surface area contributed by atoms with Crippen molar-refractivity contribution in [3.8, 4) is 0 Å². The summed E-state index contributed by atoms with van der Waals surface area (Å²) >= 11 is 0. The molecule has 1 N–H and O–H groups in total. The molecule has 1 aromatic heterocycles. The molecular weight excluding hydrogens is 230 g/mol. The van der Waals surface area contributed by atoms with Gasteiger partial charge in [0.15, 0.2) is 0 Å². The largest absolute Gasteiger partial charge is 0.478 e. The Bertz CT molecular complexity index is 605. The maximum atomic E-state index is 11.0. The van der Waals surface area contributed by atoms with Crippen LogP contribution in [0.4, 0.5) is 0 Å². The molecule has 1 saturated carbocycles. The SMILES string of the molecule is CCCC1CC1n1nnc2ccc(C(=O)O)cc21. The first kappa shape index (κ1) is 11.2. The molecule has 1 fully saturated rings. The predicted molar refractivity (Wildman–Crippen MR) is 66.5 cm³/mol. The van der Waals surface area contributed by atoms with Crippen LogP contribution in [0.2, 0.25) is 0 Å². The van der Waals surface area contributed by atoms with E-state index in [1.54, 1.807) is 18.2 Å². The van der Waals surface area contributed by atoms with E-state index in [4.69, 9.17) is 5.11 Å². The van der Waals surface area contributed by atoms with Crippen molar-refractivity contribution in [3.05, 3.63) is 23.8 Å². The molecule has 3 rings (SSSR count). The smallest absolute Gasteiger partial charge is 0.335 e. The van der Waals surface area contributed by atoms with Gasteiger partial charge in [-0.3, -0.25) is 0 Å². The average molecular weight is 245 g/mol. The third-order valence-corrected chi connectivity index (χ3v) is 3.58. The average Bonchev–Trinajstić information content (AvgIpc) is 2.99. The monoisotopic (exact) mass is 245 g/mol. The van der Waals surface area contributed by atoms with Gasteiger partial charge in [0.25, 0.3) is 0 Å². The topological polar surface area (TPSA) is 68.0 Å². The van der Waals surface area contributed by atoms with E-state index in [-0.39, 0.29) is 0 Å². The third-order valence-electron chi connectivity index (χ3n) is 3.58. The lowest BCUT2D eigenvalue weighted by Gasteiger charge is -2.01. The van der Waals surface area contributed by atoms with Crippen LogP contribution in [0.15, 0.2) is 18.2 Å². The number of benzene rings is 1. The van der Waals surface area contributed by atoms with E-state index >= 15 is 0 Å². The van der Waals surface area contributed by atoms with Crippen LogP contribution >= 0.6 is 0 Å². The normalized spacial score (nSPS) is 22.3. The number of nitrogens with zero attached hydrogens (tertiary/aromatic N) is 3. The number of carbonyl (C=O) groups is 1. The molecule has 0 saturated heterocycles. The molecule has 1 aliphatic carbocycles. The Morgan fingerprint density at radius 1 is 1.56 bits per heavy atom. The first-order chi connectivity index (χ1) is 8.70. The Morgan fingerprint density at radius 3 is 3.11 bits per heavy atom. The molecule has 1 aromatic carbocycles. The van der Waals surface area contributed by atoms with E-state index in [1.165, 1.54) is 12.8 Å². The van der Waals surface area contributed by atoms with Crippen LogP contribution in [0, 0.1) is 5.92 Å². The molecule has 2 atom stereocenters. The maximum absolute atomic E-state index is 11.0. The van der Waals surface area contributed by atoms with Crippen molar-refractivity contribution in [2.24, 2.45) is 5.92 Å². The summed E-state index contributed by atoms with van der Waals surface area (Å²) in [5, 5.41) is 17.3. The van der Waals surface area contributed by atoms with Crippen LogP contribution in [0.1, 0.15) is 42.6 Å². The van der Waals surface area contributed by atoms with Crippen molar-refractivity contribution >= 4 is 17.0 Å². The minimum atomic E-state index is -0.912. The number of hydrogen-bond acceptors (Lipinski definition) is 3. The summed E-state index contributed by atoms with van der Waals surface area (Å²) in [5.74, 6) is -0.237. The number of carboxylic acid groups (broad SMARTS) is 1. The van der Waals surface area contributed by atoms with Crippen LogP contribution in [0.25, 0.3) is 11.0 Å². The van der Waals surface area contributed by atoms with Crippen molar-refractivity contribution in [2.45, 2.75) is 32.2 Å². The second kappa shape index (κ2) is 4.08. The molecule has 5 nitrogen and oxygen atoms in total. The van der Waals surface area contributed by atoms with Crippen molar-refractivity contribution in [2.75, 3.05) is 0 Å². The quantitative estimate of drug-likeness (QED) is 0.898. The van der Waals surface area contributed by atoms with Crippen LogP contribution in [-0.2, 0) is 0 Å². The van der Waals surface area contributed by atoms with Gasteiger partial charge in [0, 0.05) is 0 Å². The van der Waals surface area contributed by atoms with Crippen molar-refractivity contribution in [3.63, 3.8) is 0 Å². The van der Waals surface area contributed by atoms with Gasteiger partial charge in [0.1, 0.15) is 5.52 Å². The number of carboxylic acids is 1. The molecule has 1 aliphatic rings. The zero-order valence-corrected chi connectivity index (χ0v) is 10.2. The number of aromatic carboxylic acids is 1. The van der Waals surface area contributed by atoms with Crippen LogP contribution in [0.5, 0.6) is 0 Å². The second-order valence-electron chi connectivity index (χ2n) is 4.89. The first-order valence-electron chi connectivity index (χ1n) is 6.29.